The lowest BCUT2D eigenvalue weighted by Crippen LogP contribution is -2.04. The van der Waals surface area contributed by atoms with Crippen molar-refractivity contribution < 1.29 is 14.3 Å². The molecule has 0 heterocycles. The second-order valence-electron chi connectivity index (χ2n) is 2.68. The quantitative estimate of drug-likeness (QED) is 0.414. The molecule has 0 atom stereocenters. The minimum atomic E-state index is -0.528. The van der Waals surface area contributed by atoms with Crippen molar-refractivity contribution in [3.8, 4) is 0 Å². The summed E-state index contributed by atoms with van der Waals surface area (Å²) >= 11 is 0. The first kappa shape index (κ1) is 10.2. The maximum Gasteiger partial charge on any atom is 0.337 e. The summed E-state index contributed by atoms with van der Waals surface area (Å²) in [5.74, 6) is -0.528. The van der Waals surface area contributed by atoms with Crippen LogP contribution in [0.1, 0.15) is 15.9 Å². The Bertz CT molecular complexity index is 380. The van der Waals surface area contributed by atoms with Gasteiger partial charge >= 0.3 is 5.97 Å². The molecular formula is C11H10O3. The first-order valence-corrected chi connectivity index (χ1v) is 4.02. The standard InChI is InChI=1S/C11H10O3/c1-8(11(13)14-2)10-6-4-3-5-9(10)7-12/h3-7H,1H2,2H3. The Labute approximate surface area is 82.0 Å². The lowest BCUT2D eigenvalue weighted by molar-refractivity contribution is -0.133. The summed E-state index contributed by atoms with van der Waals surface area (Å²) in [6, 6.07) is 6.73. The minimum absolute atomic E-state index is 0.190. The molecule has 3 heteroatoms. The summed E-state index contributed by atoms with van der Waals surface area (Å²) in [4.78, 5) is 21.8. The van der Waals surface area contributed by atoms with E-state index in [1.165, 1.54) is 7.11 Å². The van der Waals surface area contributed by atoms with Gasteiger partial charge < -0.3 is 4.74 Å². The smallest absolute Gasteiger partial charge is 0.337 e. The highest BCUT2D eigenvalue weighted by Gasteiger charge is 2.12. The molecule has 0 aliphatic carbocycles. The normalized spacial score (nSPS) is 9.21. The van der Waals surface area contributed by atoms with Crippen LogP contribution in [-0.2, 0) is 9.53 Å². The molecule has 1 aromatic rings. The van der Waals surface area contributed by atoms with Crippen LogP contribution in [0.4, 0.5) is 0 Å². The molecule has 0 spiro atoms. The summed E-state index contributed by atoms with van der Waals surface area (Å²) < 4.78 is 4.51. The van der Waals surface area contributed by atoms with E-state index in [0.29, 0.717) is 17.4 Å². The third kappa shape index (κ3) is 1.88. The van der Waals surface area contributed by atoms with Crippen LogP contribution >= 0.6 is 0 Å². The molecule has 0 amide bonds. The highest BCUT2D eigenvalue weighted by molar-refractivity contribution is 6.17. The number of aldehydes is 1. The first-order chi connectivity index (χ1) is 6.70. The van der Waals surface area contributed by atoms with Crippen LogP contribution in [0.25, 0.3) is 5.57 Å². The number of carbonyl (C=O) groups excluding carboxylic acids is 2. The maximum atomic E-state index is 11.1. The zero-order valence-corrected chi connectivity index (χ0v) is 7.82. The number of esters is 1. The van der Waals surface area contributed by atoms with Gasteiger partial charge in [-0.3, -0.25) is 4.79 Å². The van der Waals surface area contributed by atoms with Crippen molar-refractivity contribution in [3.63, 3.8) is 0 Å². The summed E-state index contributed by atoms with van der Waals surface area (Å²) in [5.41, 5.74) is 1.13. The van der Waals surface area contributed by atoms with Crippen LogP contribution < -0.4 is 0 Å². The molecule has 1 rings (SSSR count). The number of methoxy groups -OCH3 is 1. The van der Waals surface area contributed by atoms with Gasteiger partial charge in [0, 0.05) is 5.56 Å². The molecule has 72 valence electrons. The van der Waals surface area contributed by atoms with E-state index in [-0.39, 0.29) is 5.57 Å². The van der Waals surface area contributed by atoms with Crippen LogP contribution in [0.15, 0.2) is 30.8 Å². The highest BCUT2D eigenvalue weighted by atomic mass is 16.5. The second kappa shape index (κ2) is 4.37. The van der Waals surface area contributed by atoms with Crippen LogP contribution in [0.5, 0.6) is 0 Å². The van der Waals surface area contributed by atoms with Crippen LogP contribution in [0.2, 0.25) is 0 Å². The fraction of sp³-hybridized carbons (Fsp3) is 0.0909. The Hall–Kier alpha value is -1.90. The summed E-state index contributed by atoms with van der Waals surface area (Å²) in [5, 5.41) is 0. The zero-order chi connectivity index (χ0) is 10.6. The Morgan fingerprint density at radius 2 is 2.07 bits per heavy atom. The largest absolute Gasteiger partial charge is 0.465 e. The van der Waals surface area contributed by atoms with Crippen molar-refractivity contribution in [1.82, 2.24) is 0 Å². The van der Waals surface area contributed by atoms with Crippen LogP contribution in [-0.4, -0.2) is 19.4 Å². The van der Waals surface area contributed by atoms with E-state index in [4.69, 9.17) is 0 Å². The van der Waals surface area contributed by atoms with Crippen molar-refractivity contribution >= 4 is 17.8 Å². The zero-order valence-electron chi connectivity index (χ0n) is 7.82. The third-order valence-electron chi connectivity index (χ3n) is 1.84. The van der Waals surface area contributed by atoms with Crippen LogP contribution in [0.3, 0.4) is 0 Å². The fourth-order valence-electron chi connectivity index (χ4n) is 1.11. The van der Waals surface area contributed by atoms with E-state index in [0.717, 1.165) is 0 Å². The molecule has 0 aromatic heterocycles. The van der Waals surface area contributed by atoms with Crippen molar-refractivity contribution in [2.45, 2.75) is 0 Å². The average Bonchev–Trinajstić information content (AvgIpc) is 2.26. The molecule has 0 aliphatic rings. The monoisotopic (exact) mass is 190 g/mol. The lowest BCUT2D eigenvalue weighted by Gasteiger charge is -2.05. The van der Waals surface area contributed by atoms with Crippen molar-refractivity contribution in [1.29, 1.82) is 0 Å². The topological polar surface area (TPSA) is 43.4 Å². The van der Waals surface area contributed by atoms with Gasteiger partial charge in [0.05, 0.1) is 12.7 Å². The Balaban J connectivity index is 3.12. The van der Waals surface area contributed by atoms with Gasteiger partial charge in [0.2, 0.25) is 0 Å². The van der Waals surface area contributed by atoms with Crippen molar-refractivity contribution in [3.05, 3.63) is 42.0 Å². The molecule has 0 saturated heterocycles. The number of ether oxygens (including phenoxy) is 1. The fourth-order valence-corrected chi connectivity index (χ4v) is 1.11. The molecule has 0 N–H and O–H groups in total. The van der Waals surface area contributed by atoms with Crippen LogP contribution in [0, 0.1) is 0 Å². The number of hydrogen-bond acceptors (Lipinski definition) is 3. The van der Waals surface area contributed by atoms with E-state index in [1.54, 1.807) is 24.3 Å². The van der Waals surface area contributed by atoms with Gasteiger partial charge in [-0.15, -0.1) is 0 Å². The van der Waals surface area contributed by atoms with Gasteiger partial charge in [-0.05, 0) is 5.56 Å². The van der Waals surface area contributed by atoms with Gasteiger partial charge in [-0.25, -0.2) is 4.79 Å². The minimum Gasteiger partial charge on any atom is -0.465 e. The Morgan fingerprint density at radius 1 is 1.43 bits per heavy atom. The summed E-state index contributed by atoms with van der Waals surface area (Å²) in [6.45, 7) is 3.57. The van der Waals surface area contributed by atoms with Gasteiger partial charge in [0.25, 0.3) is 0 Å². The van der Waals surface area contributed by atoms with Gasteiger partial charge in [0.15, 0.2) is 6.29 Å². The molecule has 0 fully saturated rings. The summed E-state index contributed by atoms with van der Waals surface area (Å²) in [6.07, 6.45) is 0.684. The van der Waals surface area contributed by atoms with Gasteiger partial charge in [-0.2, -0.15) is 0 Å². The molecule has 14 heavy (non-hydrogen) atoms. The maximum absolute atomic E-state index is 11.1. The first-order valence-electron chi connectivity index (χ1n) is 4.02. The molecule has 1 aromatic carbocycles. The number of carbonyl (C=O) groups is 2. The van der Waals surface area contributed by atoms with Crippen molar-refractivity contribution in [2.24, 2.45) is 0 Å². The SMILES string of the molecule is C=C(C(=O)OC)c1ccccc1C=O. The van der Waals surface area contributed by atoms with Crippen molar-refractivity contribution in [2.75, 3.05) is 7.11 Å². The third-order valence-corrected chi connectivity index (χ3v) is 1.84. The van der Waals surface area contributed by atoms with Gasteiger partial charge in [-0.1, -0.05) is 30.8 Å². The van der Waals surface area contributed by atoms with Gasteiger partial charge in [0.1, 0.15) is 0 Å². The molecule has 3 nitrogen and oxygen atoms in total. The van der Waals surface area contributed by atoms with E-state index in [1.807, 2.05) is 0 Å². The second-order valence-corrected chi connectivity index (χ2v) is 2.68. The van der Waals surface area contributed by atoms with E-state index >= 15 is 0 Å². The summed E-state index contributed by atoms with van der Waals surface area (Å²) in [7, 11) is 1.27. The lowest BCUT2D eigenvalue weighted by atomic mass is 10.0. The number of benzene rings is 1. The average molecular weight is 190 g/mol. The molecule has 0 aliphatic heterocycles. The predicted octanol–water partition coefficient (Wildman–Crippen LogP) is 1.69. The van der Waals surface area contributed by atoms with E-state index in [9.17, 15) is 9.59 Å². The van der Waals surface area contributed by atoms with E-state index < -0.39 is 5.97 Å². The Kier molecular flexibility index (Phi) is 3.18. The highest BCUT2D eigenvalue weighted by Crippen LogP contribution is 2.17. The predicted molar refractivity (Wildman–Crippen MR) is 52.9 cm³/mol. The molecule has 0 unspecified atom stereocenters. The molecular weight excluding hydrogens is 180 g/mol. The Morgan fingerprint density at radius 3 is 2.64 bits per heavy atom. The number of rotatable bonds is 3. The molecule has 0 radical (unpaired) electrons. The van der Waals surface area contributed by atoms with E-state index in [2.05, 4.69) is 11.3 Å². The molecule has 0 saturated carbocycles. The number of hydrogen-bond donors (Lipinski definition) is 0. The molecule has 0 bridgehead atoms.